The van der Waals surface area contributed by atoms with Crippen LogP contribution >= 0.6 is 0 Å². The third kappa shape index (κ3) is 7.72. The van der Waals surface area contributed by atoms with E-state index in [2.05, 4.69) is 5.32 Å². The molecule has 5 heteroatoms. The van der Waals surface area contributed by atoms with Crippen molar-refractivity contribution in [2.24, 2.45) is 5.92 Å². The van der Waals surface area contributed by atoms with Crippen LogP contribution < -0.4 is 10.2 Å². The molecule has 1 N–H and O–H groups in total. The molecule has 3 rings (SSSR count). The van der Waals surface area contributed by atoms with Gasteiger partial charge in [-0.25, -0.2) is 4.39 Å². The number of hydrogen-bond acceptors (Lipinski definition) is 2. The van der Waals surface area contributed by atoms with Crippen LogP contribution in [0.5, 0.6) is 0 Å². The molecule has 0 aliphatic rings. The molecule has 0 saturated carbocycles. The lowest BCUT2D eigenvalue weighted by Crippen LogP contribution is -2.30. The van der Waals surface area contributed by atoms with Crippen LogP contribution in [0.25, 0.3) is 6.08 Å². The van der Waals surface area contributed by atoms with Crippen LogP contribution in [0.3, 0.4) is 0 Å². The smallest absolute Gasteiger partial charge is 0.251 e. The number of carbonyl (C=O) groups excluding carboxylic acids is 2. The molecule has 0 aliphatic carbocycles. The number of hydrogen-bond donors (Lipinski definition) is 1. The van der Waals surface area contributed by atoms with Crippen LogP contribution in [0.4, 0.5) is 10.1 Å². The number of benzene rings is 3. The van der Waals surface area contributed by atoms with Gasteiger partial charge in [-0.05, 0) is 52.9 Å². The first-order chi connectivity index (χ1) is 15.9. The van der Waals surface area contributed by atoms with Gasteiger partial charge in [0, 0.05) is 18.3 Å². The Morgan fingerprint density at radius 1 is 0.939 bits per heavy atom. The van der Waals surface area contributed by atoms with E-state index in [1.54, 1.807) is 23.1 Å². The second-order valence-corrected chi connectivity index (χ2v) is 8.34. The largest absolute Gasteiger partial charge is 0.356 e. The van der Waals surface area contributed by atoms with Gasteiger partial charge in [0.1, 0.15) is 5.82 Å². The topological polar surface area (TPSA) is 49.4 Å². The molecule has 0 spiro atoms. The molecule has 0 atom stereocenters. The van der Waals surface area contributed by atoms with Gasteiger partial charge in [-0.3, -0.25) is 9.59 Å². The highest BCUT2D eigenvalue weighted by molar-refractivity contribution is 6.03. The lowest BCUT2D eigenvalue weighted by molar-refractivity contribution is -0.120. The molecule has 2 amide bonds. The normalized spacial score (nSPS) is 11.0. The molecule has 0 aromatic heterocycles. The third-order valence-electron chi connectivity index (χ3n) is 5.03. The van der Waals surface area contributed by atoms with Crippen molar-refractivity contribution in [1.82, 2.24) is 5.32 Å². The maximum atomic E-state index is 13.4. The van der Waals surface area contributed by atoms with Gasteiger partial charge < -0.3 is 10.2 Å². The lowest BCUT2D eigenvalue weighted by Gasteiger charge is -2.22. The van der Waals surface area contributed by atoms with E-state index in [9.17, 15) is 14.0 Å². The van der Waals surface area contributed by atoms with E-state index in [0.717, 1.165) is 16.7 Å². The zero-order valence-corrected chi connectivity index (χ0v) is 19.0. The van der Waals surface area contributed by atoms with E-state index in [0.29, 0.717) is 18.2 Å². The second kappa shape index (κ2) is 11.8. The summed E-state index contributed by atoms with van der Waals surface area (Å²) in [6, 6.07) is 23.1. The zero-order chi connectivity index (χ0) is 23.6. The van der Waals surface area contributed by atoms with Crippen molar-refractivity contribution < 1.29 is 14.0 Å². The van der Waals surface area contributed by atoms with Gasteiger partial charge in [-0.15, -0.1) is 0 Å². The highest BCUT2D eigenvalue weighted by Crippen LogP contribution is 2.21. The van der Waals surface area contributed by atoms with E-state index < -0.39 is 0 Å². The Morgan fingerprint density at radius 2 is 1.67 bits per heavy atom. The van der Waals surface area contributed by atoms with Gasteiger partial charge in [0.15, 0.2) is 0 Å². The average Bonchev–Trinajstić information content (AvgIpc) is 2.81. The van der Waals surface area contributed by atoms with Gasteiger partial charge >= 0.3 is 0 Å². The summed E-state index contributed by atoms with van der Waals surface area (Å²) in [6.07, 6.45) is 3.53. The van der Waals surface area contributed by atoms with Crippen molar-refractivity contribution in [2.45, 2.75) is 26.8 Å². The summed E-state index contributed by atoms with van der Waals surface area (Å²) in [7, 11) is 0. The van der Waals surface area contributed by atoms with Crippen LogP contribution in [0.2, 0.25) is 0 Å². The molecule has 0 unspecified atom stereocenters. The van der Waals surface area contributed by atoms with E-state index in [1.165, 1.54) is 18.2 Å². The second-order valence-electron chi connectivity index (χ2n) is 8.34. The Labute approximate surface area is 194 Å². The zero-order valence-electron chi connectivity index (χ0n) is 19.0. The fourth-order valence-electron chi connectivity index (χ4n) is 3.29. The first-order valence-corrected chi connectivity index (χ1v) is 11.1. The SMILES string of the molecule is CC(C)CNC(=O)Cc1cccc(N(Cc2ccc(F)cc2)C(=O)C=Cc2ccccc2)c1. The summed E-state index contributed by atoms with van der Waals surface area (Å²) in [6.45, 7) is 4.99. The Morgan fingerprint density at radius 3 is 2.36 bits per heavy atom. The lowest BCUT2D eigenvalue weighted by atomic mass is 10.1. The molecule has 3 aromatic rings. The average molecular weight is 445 g/mol. The Kier molecular flexibility index (Phi) is 8.53. The number of nitrogens with zero attached hydrogens (tertiary/aromatic N) is 1. The predicted molar refractivity (Wildman–Crippen MR) is 131 cm³/mol. The van der Waals surface area contributed by atoms with Crippen LogP contribution in [-0.4, -0.2) is 18.4 Å². The molecule has 170 valence electrons. The summed E-state index contributed by atoms with van der Waals surface area (Å²) >= 11 is 0. The molecule has 4 nitrogen and oxygen atoms in total. The first kappa shape index (κ1) is 23.9. The summed E-state index contributed by atoms with van der Waals surface area (Å²) < 4.78 is 13.4. The van der Waals surface area contributed by atoms with Crippen molar-refractivity contribution in [2.75, 3.05) is 11.4 Å². The maximum absolute atomic E-state index is 13.4. The van der Waals surface area contributed by atoms with Crippen molar-refractivity contribution >= 4 is 23.6 Å². The molecule has 0 bridgehead atoms. The van der Waals surface area contributed by atoms with E-state index >= 15 is 0 Å². The van der Waals surface area contributed by atoms with Gasteiger partial charge in [-0.2, -0.15) is 0 Å². The van der Waals surface area contributed by atoms with Crippen LogP contribution in [0.15, 0.2) is 84.9 Å². The van der Waals surface area contributed by atoms with Crippen molar-refractivity contribution in [3.05, 3.63) is 107 Å². The van der Waals surface area contributed by atoms with E-state index in [1.807, 2.05) is 68.4 Å². The third-order valence-corrected chi connectivity index (χ3v) is 5.03. The predicted octanol–water partition coefficient (Wildman–Crippen LogP) is 5.39. The van der Waals surface area contributed by atoms with Gasteiger partial charge in [0.2, 0.25) is 5.91 Å². The van der Waals surface area contributed by atoms with Gasteiger partial charge in [0.25, 0.3) is 5.91 Å². The number of halogens is 1. The van der Waals surface area contributed by atoms with Crippen molar-refractivity contribution in [3.8, 4) is 0 Å². The standard InChI is InChI=1S/C28H29FN2O2/c1-21(2)19-30-27(32)18-24-9-6-10-26(17-24)31(20-23-11-14-25(29)15-12-23)28(33)16-13-22-7-4-3-5-8-22/h3-17,21H,18-20H2,1-2H3,(H,30,32). The number of rotatable bonds is 9. The molecule has 0 heterocycles. The number of amides is 2. The minimum Gasteiger partial charge on any atom is -0.356 e. The van der Waals surface area contributed by atoms with Gasteiger partial charge in [-0.1, -0.05) is 68.4 Å². The number of anilines is 1. The number of carbonyl (C=O) groups is 2. The highest BCUT2D eigenvalue weighted by atomic mass is 19.1. The number of nitrogens with one attached hydrogen (secondary N) is 1. The minimum absolute atomic E-state index is 0.0544. The van der Waals surface area contributed by atoms with Crippen LogP contribution in [0.1, 0.15) is 30.5 Å². The summed E-state index contributed by atoms with van der Waals surface area (Å²) in [5.74, 6) is -0.207. The molecular formula is C28H29FN2O2. The quantitative estimate of drug-likeness (QED) is 0.450. The summed E-state index contributed by atoms with van der Waals surface area (Å²) in [5.41, 5.74) is 3.22. The molecule has 0 radical (unpaired) electrons. The van der Waals surface area contributed by atoms with Crippen molar-refractivity contribution in [1.29, 1.82) is 0 Å². The van der Waals surface area contributed by atoms with E-state index in [-0.39, 0.29) is 30.6 Å². The minimum atomic E-state index is -0.324. The monoisotopic (exact) mass is 444 g/mol. The Balaban J connectivity index is 1.83. The molecular weight excluding hydrogens is 415 g/mol. The fraction of sp³-hybridized carbons (Fsp3) is 0.214. The van der Waals surface area contributed by atoms with Crippen LogP contribution in [-0.2, 0) is 22.6 Å². The van der Waals surface area contributed by atoms with E-state index in [4.69, 9.17) is 0 Å². The Hall–Kier alpha value is -3.73. The summed E-state index contributed by atoms with van der Waals surface area (Å²) in [5, 5.41) is 2.92. The maximum Gasteiger partial charge on any atom is 0.251 e. The fourth-order valence-corrected chi connectivity index (χ4v) is 3.29. The highest BCUT2D eigenvalue weighted by Gasteiger charge is 2.15. The Bertz CT molecular complexity index is 1090. The molecule has 0 aliphatic heterocycles. The first-order valence-electron chi connectivity index (χ1n) is 11.1. The van der Waals surface area contributed by atoms with Gasteiger partial charge in [0.05, 0.1) is 13.0 Å². The van der Waals surface area contributed by atoms with Crippen molar-refractivity contribution in [3.63, 3.8) is 0 Å². The summed E-state index contributed by atoms with van der Waals surface area (Å²) in [4.78, 5) is 27.1. The molecule has 0 fully saturated rings. The van der Waals surface area contributed by atoms with Crippen LogP contribution in [0, 0.1) is 11.7 Å². The molecule has 3 aromatic carbocycles. The molecule has 0 saturated heterocycles. The molecule has 33 heavy (non-hydrogen) atoms.